The van der Waals surface area contributed by atoms with Crippen LogP contribution in [0.15, 0.2) is 98.3 Å². The summed E-state index contributed by atoms with van der Waals surface area (Å²) in [4.78, 5) is 42.0. The molecule has 4 aromatic rings. The molecule has 3 aromatic carbocycles. The number of ether oxygens (including phenoxy) is 2. The average Bonchev–Trinajstić information content (AvgIpc) is 3.44. The Bertz CT molecular complexity index is 2190. The van der Waals surface area contributed by atoms with Crippen molar-refractivity contribution < 1.29 is 32.3 Å². The Hall–Kier alpha value is -4.36. The number of aromatic amines is 1. The van der Waals surface area contributed by atoms with Crippen molar-refractivity contribution in [2.45, 2.75) is 31.8 Å². The molecule has 1 N–H and O–H groups in total. The van der Waals surface area contributed by atoms with Gasteiger partial charge in [-0.15, -0.1) is 0 Å². The number of rotatable bonds is 10. The van der Waals surface area contributed by atoms with E-state index in [1.807, 2.05) is 68.4 Å². The topological polar surface area (TPSA) is 146 Å². The Morgan fingerprint density at radius 3 is 2.37 bits per heavy atom. The fraction of sp³-hybridized carbons (Fsp3) is 0.278. The Morgan fingerprint density at radius 1 is 1.06 bits per heavy atom. The molecule has 6 rings (SSSR count). The Balaban J connectivity index is 0.000000198. The van der Waals surface area contributed by atoms with Crippen LogP contribution < -0.4 is 10.3 Å². The molecule has 2 aliphatic rings. The molecule has 1 fully saturated rings. The quantitative estimate of drug-likeness (QED) is 0.131. The van der Waals surface area contributed by atoms with E-state index >= 15 is 0 Å². The van der Waals surface area contributed by atoms with Gasteiger partial charge in [-0.3, -0.25) is 19.1 Å². The zero-order valence-electron chi connectivity index (χ0n) is 28.0. The number of nitrogens with one attached hydrogen (secondary N) is 1. The lowest BCUT2D eigenvalue weighted by Gasteiger charge is -2.12. The first-order chi connectivity index (χ1) is 24.1. The molecule has 268 valence electrons. The maximum absolute atomic E-state index is 12.7. The van der Waals surface area contributed by atoms with Gasteiger partial charge in [0, 0.05) is 37.0 Å². The summed E-state index contributed by atoms with van der Waals surface area (Å²) in [5.41, 5.74) is 0.595. The van der Waals surface area contributed by atoms with Crippen LogP contribution in [0.3, 0.4) is 0 Å². The lowest BCUT2D eigenvalue weighted by molar-refractivity contribution is -0.147. The minimum Gasteiger partial charge on any atom is -0.461 e. The molecule has 0 radical (unpaired) electrons. The highest BCUT2D eigenvalue weighted by atomic mass is 35.5. The van der Waals surface area contributed by atoms with E-state index < -0.39 is 21.2 Å². The van der Waals surface area contributed by atoms with E-state index in [1.165, 1.54) is 25.4 Å². The molecule has 1 aromatic heterocycles. The van der Waals surface area contributed by atoms with Crippen LogP contribution in [0.2, 0.25) is 5.02 Å². The molecule has 0 bridgehead atoms. The minimum atomic E-state index is -3.61. The van der Waals surface area contributed by atoms with Crippen LogP contribution >= 0.6 is 34.8 Å². The summed E-state index contributed by atoms with van der Waals surface area (Å²) >= 11 is 17.8. The van der Waals surface area contributed by atoms with Crippen molar-refractivity contribution in [2.24, 2.45) is 29.5 Å². The number of halogens is 3. The molecule has 0 spiro atoms. The van der Waals surface area contributed by atoms with Crippen molar-refractivity contribution >= 4 is 62.1 Å². The number of carbonyl (C=O) groups excluding carboxylic acids is 2. The number of oxime groups is 1. The maximum atomic E-state index is 12.7. The van der Waals surface area contributed by atoms with Gasteiger partial charge >= 0.3 is 5.97 Å². The first kappa shape index (κ1) is 37.9. The third kappa shape index (κ3) is 8.75. The van der Waals surface area contributed by atoms with Gasteiger partial charge in [-0.1, -0.05) is 84.1 Å². The summed E-state index contributed by atoms with van der Waals surface area (Å²) in [7, 11) is -2.13. The summed E-state index contributed by atoms with van der Waals surface area (Å²) < 4.78 is 36.8. The fourth-order valence-electron chi connectivity index (χ4n) is 5.71. The van der Waals surface area contributed by atoms with E-state index in [1.54, 1.807) is 6.08 Å². The van der Waals surface area contributed by atoms with Gasteiger partial charge in [-0.05, 0) is 59.4 Å². The smallest absolute Gasteiger partial charge is 0.310 e. The SMILES string of the molecule is CC1(C)C(C=C(Cl)Cl)C1C(=O)OCc1cccc(Oc2ccccc2)c1.Cn1[nH]cc(C(=O)c2ccc(S(C)(=O)=O)c(C3=NOCC3)c2Cl)c1=O. The number of para-hydroxylation sites is 1. The third-order valence-electron chi connectivity index (χ3n) is 8.55. The number of aryl methyl sites for hydroxylation is 1. The number of benzene rings is 3. The van der Waals surface area contributed by atoms with Crippen LogP contribution in [0.4, 0.5) is 0 Å². The second-order valence-electron chi connectivity index (χ2n) is 12.5. The van der Waals surface area contributed by atoms with Crippen LogP contribution in [-0.2, 0) is 37.9 Å². The van der Waals surface area contributed by atoms with Crippen molar-refractivity contribution in [3.63, 3.8) is 0 Å². The second-order valence-corrected chi connectivity index (χ2v) is 15.9. The lowest BCUT2D eigenvalue weighted by atomic mass is 10.00. The van der Waals surface area contributed by atoms with E-state index in [2.05, 4.69) is 10.3 Å². The molecule has 1 saturated carbocycles. The zero-order valence-corrected chi connectivity index (χ0v) is 31.1. The molecule has 2 atom stereocenters. The number of nitrogens with zero attached hydrogens (tertiary/aromatic N) is 2. The molecule has 1 aliphatic heterocycles. The first-order valence-corrected chi connectivity index (χ1v) is 18.6. The van der Waals surface area contributed by atoms with Crippen LogP contribution in [0.1, 0.15) is 47.3 Å². The predicted molar refractivity (Wildman–Crippen MR) is 194 cm³/mol. The zero-order chi connectivity index (χ0) is 37.1. The highest BCUT2D eigenvalue weighted by Crippen LogP contribution is 2.60. The van der Waals surface area contributed by atoms with Crippen molar-refractivity contribution in [3.05, 3.63) is 121 Å². The fourth-order valence-corrected chi connectivity index (χ4v) is 7.30. The van der Waals surface area contributed by atoms with Gasteiger partial charge in [0.25, 0.3) is 5.56 Å². The second kappa shape index (κ2) is 15.5. The average molecular weight is 775 g/mol. The summed E-state index contributed by atoms with van der Waals surface area (Å²) in [5.74, 6) is 0.402. The molecular weight excluding hydrogens is 741 g/mol. The summed E-state index contributed by atoms with van der Waals surface area (Å²) in [5, 5.41) is 6.36. The van der Waals surface area contributed by atoms with Crippen LogP contribution in [-0.4, -0.2) is 48.5 Å². The number of carbonyl (C=O) groups is 2. The van der Waals surface area contributed by atoms with Crippen molar-refractivity contribution in [1.29, 1.82) is 0 Å². The Labute approximate surface area is 309 Å². The van der Waals surface area contributed by atoms with E-state index in [-0.39, 0.29) is 60.9 Å². The minimum absolute atomic E-state index is 0.00717. The predicted octanol–water partition coefficient (Wildman–Crippen LogP) is 7.24. The number of H-pyrrole nitrogens is 1. The van der Waals surface area contributed by atoms with Crippen LogP contribution in [0.25, 0.3) is 0 Å². The highest BCUT2D eigenvalue weighted by Gasteiger charge is 2.61. The number of sulfone groups is 1. The maximum Gasteiger partial charge on any atom is 0.310 e. The molecule has 0 saturated heterocycles. The summed E-state index contributed by atoms with van der Waals surface area (Å²) in [6, 6.07) is 19.6. The largest absolute Gasteiger partial charge is 0.461 e. The molecule has 51 heavy (non-hydrogen) atoms. The number of allylic oxidation sites excluding steroid dienone is 1. The lowest BCUT2D eigenvalue weighted by Crippen LogP contribution is -2.20. The molecule has 11 nitrogen and oxygen atoms in total. The van der Waals surface area contributed by atoms with Crippen molar-refractivity contribution in [3.8, 4) is 11.5 Å². The highest BCUT2D eigenvalue weighted by molar-refractivity contribution is 7.90. The molecule has 2 heterocycles. The van der Waals surface area contributed by atoms with E-state index in [0.29, 0.717) is 24.5 Å². The Morgan fingerprint density at radius 2 is 1.76 bits per heavy atom. The Kier molecular flexibility index (Phi) is 11.5. The molecule has 1 aliphatic carbocycles. The summed E-state index contributed by atoms with van der Waals surface area (Å²) in [6.45, 7) is 4.50. The number of hydrogen-bond donors (Lipinski definition) is 1. The molecule has 0 amide bonds. The van der Waals surface area contributed by atoms with E-state index in [0.717, 1.165) is 22.3 Å². The van der Waals surface area contributed by atoms with Crippen molar-refractivity contribution in [2.75, 3.05) is 12.9 Å². The van der Waals surface area contributed by atoms with Gasteiger partial charge in [0.05, 0.1) is 21.5 Å². The monoisotopic (exact) mass is 773 g/mol. The van der Waals surface area contributed by atoms with Crippen LogP contribution in [0.5, 0.6) is 11.5 Å². The van der Waals surface area contributed by atoms with Crippen molar-refractivity contribution in [1.82, 2.24) is 9.78 Å². The number of hydrogen-bond acceptors (Lipinski definition) is 9. The number of aromatic nitrogens is 2. The van der Waals surface area contributed by atoms with Gasteiger partial charge in [0.15, 0.2) is 9.84 Å². The van der Waals surface area contributed by atoms with E-state index in [4.69, 9.17) is 49.1 Å². The first-order valence-electron chi connectivity index (χ1n) is 15.6. The number of ketones is 1. The standard InChI is InChI=1S/C21H20Cl2O3.C15H14ClN3O5S/c1-21(2)17(12-18(22)23)19(21)20(24)25-13-14-7-6-10-16(11-14)26-15-8-4-3-5-9-15;1-19-15(21)9(7-17-19)14(20)8-3-4-11(25(2,22)23)12(13(8)16)10-5-6-24-18-10/h3-12,17,19H,13H2,1-2H3;3-4,7,17H,5-6H2,1-2H3. The third-order valence-corrected chi connectivity index (χ3v) is 10.3. The van der Waals surface area contributed by atoms with Crippen LogP contribution in [0, 0.1) is 17.3 Å². The molecule has 2 unspecified atom stereocenters. The normalized spacial score (nSPS) is 17.3. The van der Waals surface area contributed by atoms with Gasteiger partial charge < -0.3 is 19.4 Å². The number of esters is 1. The van der Waals surface area contributed by atoms with Gasteiger partial charge in [-0.2, -0.15) is 0 Å². The molecule has 15 heteroatoms. The van der Waals surface area contributed by atoms with Gasteiger partial charge in [0.2, 0.25) is 5.78 Å². The van der Waals surface area contributed by atoms with Gasteiger partial charge in [0.1, 0.15) is 34.8 Å². The summed E-state index contributed by atoms with van der Waals surface area (Å²) in [6.07, 6.45) is 4.40. The van der Waals surface area contributed by atoms with E-state index in [9.17, 15) is 22.8 Å². The van der Waals surface area contributed by atoms with Gasteiger partial charge in [-0.25, -0.2) is 8.42 Å². The molecular formula is C36H34Cl3N3O8S.